The van der Waals surface area contributed by atoms with E-state index >= 15 is 0 Å². The van der Waals surface area contributed by atoms with Crippen LogP contribution in [-0.2, 0) is 0 Å². The lowest BCUT2D eigenvalue weighted by molar-refractivity contribution is 0.0875. The molecule has 0 aliphatic rings. The Balaban J connectivity index is 2.32. The van der Waals surface area contributed by atoms with Crippen LogP contribution in [0.25, 0.3) is 10.9 Å². The molecule has 6 heteroatoms. The van der Waals surface area contributed by atoms with Crippen molar-refractivity contribution in [2.45, 2.75) is 6.04 Å². The molecule has 0 saturated carbocycles. The van der Waals surface area contributed by atoms with Crippen molar-refractivity contribution in [1.29, 1.82) is 0 Å². The van der Waals surface area contributed by atoms with Gasteiger partial charge >= 0.3 is 0 Å². The van der Waals surface area contributed by atoms with Gasteiger partial charge in [-0.25, -0.2) is 4.98 Å². The van der Waals surface area contributed by atoms with Crippen molar-refractivity contribution in [3.05, 3.63) is 36.0 Å². The van der Waals surface area contributed by atoms with Gasteiger partial charge in [-0.05, 0) is 12.1 Å². The number of carbonyl (C=O) groups excluding carboxylic acids is 1. The van der Waals surface area contributed by atoms with Gasteiger partial charge in [0, 0.05) is 11.1 Å². The molecule has 1 amide bonds. The third-order valence-corrected chi connectivity index (χ3v) is 2.76. The van der Waals surface area contributed by atoms with Crippen molar-refractivity contribution in [3.8, 4) is 0 Å². The number of nitrogen functional groups attached to an aromatic ring is 1. The molecule has 1 aromatic carbocycles. The maximum Gasteiger partial charge on any atom is 0.270 e. The first kappa shape index (κ1) is 13.3. The van der Waals surface area contributed by atoms with Crippen LogP contribution in [0.1, 0.15) is 10.5 Å². The van der Waals surface area contributed by atoms with Gasteiger partial charge in [0.1, 0.15) is 5.69 Å². The molecule has 5 N–H and O–H groups in total. The second kappa shape index (κ2) is 5.64. The number of aromatic nitrogens is 1. The molecule has 0 spiro atoms. The Morgan fingerprint density at radius 2 is 2.00 bits per heavy atom. The number of hydrogen-bond donors (Lipinski definition) is 4. The van der Waals surface area contributed by atoms with E-state index in [1.54, 1.807) is 12.1 Å². The zero-order valence-electron chi connectivity index (χ0n) is 10.2. The molecule has 19 heavy (non-hydrogen) atoms. The SMILES string of the molecule is Nc1cc(C(=O)NC(CO)CO)nc2ccccc12. The zero-order valence-corrected chi connectivity index (χ0v) is 10.2. The van der Waals surface area contributed by atoms with E-state index in [-0.39, 0.29) is 18.9 Å². The fourth-order valence-electron chi connectivity index (χ4n) is 1.73. The molecule has 0 fully saturated rings. The minimum atomic E-state index is -0.706. The molecule has 0 radical (unpaired) electrons. The van der Waals surface area contributed by atoms with Gasteiger partial charge < -0.3 is 21.3 Å². The molecule has 0 bridgehead atoms. The summed E-state index contributed by atoms with van der Waals surface area (Å²) in [6.45, 7) is -0.684. The summed E-state index contributed by atoms with van der Waals surface area (Å²) in [5.74, 6) is -0.481. The number of aliphatic hydroxyl groups is 2. The van der Waals surface area contributed by atoms with Crippen molar-refractivity contribution in [3.63, 3.8) is 0 Å². The molecule has 0 unspecified atom stereocenters. The fourth-order valence-corrected chi connectivity index (χ4v) is 1.73. The molecule has 0 atom stereocenters. The highest BCUT2D eigenvalue weighted by Crippen LogP contribution is 2.19. The topological polar surface area (TPSA) is 108 Å². The second-order valence-corrected chi connectivity index (χ2v) is 4.15. The maximum atomic E-state index is 11.9. The maximum absolute atomic E-state index is 11.9. The summed E-state index contributed by atoms with van der Waals surface area (Å²) < 4.78 is 0. The molecule has 2 aromatic rings. The molecule has 2 rings (SSSR count). The lowest BCUT2D eigenvalue weighted by atomic mass is 10.1. The van der Waals surface area contributed by atoms with Crippen LogP contribution in [0.3, 0.4) is 0 Å². The Morgan fingerprint density at radius 3 is 2.68 bits per heavy atom. The number of rotatable bonds is 4. The van der Waals surface area contributed by atoms with Crippen LogP contribution in [0.2, 0.25) is 0 Å². The first-order valence-electron chi connectivity index (χ1n) is 5.83. The number of nitrogens with two attached hydrogens (primary N) is 1. The number of aliphatic hydroxyl groups excluding tert-OH is 2. The largest absolute Gasteiger partial charge is 0.398 e. The Labute approximate surface area is 109 Å². The van der Waals surface area contributed by atoms with Gasteiger partial charge in [0.15, 0.2) is 0 Å². The number of amides is 1. The van der Waals surface area contributed by atoms with Crippen LogP contribution < -0.4 is 11.1 Å². The van der Waals surface area contributed by atoms with Gasteiger partial charge in [0.05, 0.1) is 24.8 Å². The summed E-state index contributed by atoms with van der Waals surface area (Å²) in [7, 11) is 0. The van der Waals surface area contributed by atoms with Crippen molar-refractivity contribution in [1.82, 2.24) is 10.3 Å². The lowest BCUT2D eigenvalue weighted by Gasteiger charge is -2.13. The molecule has 0 saturated heterocycles. The monoisotopic (exact) mass is 261 g/mol. The van der Waals surface area contributed by atoms with Crippen molar-refractivity contribution in [2.75, 3.05) is 18.9 Å². The van der Waals surface area contributed by atoms with Crippen LogP contribution in [0.15, 0.2) is 30.3 Å². The predicted molar refractivity (Wildman–Crippen MR) is 71.6 cm³/mol. The number of carbonyl (C=O) groups is 1. The summed E-state index contributed by atoms with van der Waals surface area (Å²) in [6.07, 6.45) is 0. The van der Waals surface area contributed by atoms with E-state index in [1.165, 1.54) is 6.07 Å². The number of hydrogen-bond acceptors (Lipinski definition) is 5. The van der Waals surface area contributed by atoms with Gasteiger partial charge in [-0.15, -0.1) is 0 Å². The summed E-state index contributed by atoms with van der Waals surface area (Å²) in [5, 5.41) is 21.1. The van der Waals surface area contributed by atoms with Crippen LogP contribution >= 0.6 is 0 Å². The van der Waals surface area contributed by atoms with E-state index in [4.69, 9.17) is 15.9 Å². The average Bonchev–Trinajstić information content (AvgIpc) is 2.44. The van der Waals surface area contributed by atoms with E-state index in [0.717, 1.165) is 5.39 Å². The molecule has 6 nitrogen and oxygen atoms in total. The first-order valence-corrected chi connectivity index (χ1v) is 5.83. The Hall–Kier alpha value is -2.18. The summed E-state index contributed by atoms with van der Waals surface area (Å²) in [4.78, 5) is 16.1. The van der Waals surface area contributed by atoms with Gasteiger partial charge in [0.2, 0.25) is 0 Å². The highest BCUT2D eigenvalue weighted by Gasteiger charge is 2.14. The predicted octanol–water partition coefficient (Wildman–Crippen LogP) is -0.100. The van der Waals surface area contributed by atoms with Gasteiger partial charge in [-0.3, -0.25) is 4.79 Å². The number of nitrogens with one attached hydrogen (secondary N) is 1. The van der Waals surface area contributed by atoms with Crippen molar-refractivity contribution >= 4 is 22.5 Å². The summed E-state index contributed by atoms with van der Waals surface area (Å²) in [5.41, 5.74) is 7.11. The Morgan fingerprint density at radius 1 is 1.32 bits per heavy atom. The van der Waals surface area contributed by atoms with E-state index in [1.807, 2.05) is 12.1 Å². The third kappa shape index (κ3) is 2.81. The standard InChI is InChI=1S/C13H15N3O3/c14-10-5-12(13(19)15-8(6-17)7-18)16-11-4-2-1-3-9(10)11/h1-5,8,17-18H,6-7H2,(H2,14,16)(H,15,19). The summed E-state index contributed by atoms with van der Waals surface area (Å²) >= 11 is 0. The molecule has 1 heterocycles. The minimum Gasteiger partial charge on any atom is -0.398 e. The van der Waals surface area contributed by atoms with E-state index in [2.05, 4.69) is 10.3 Å². The highest BCUT2D eigenvalue weighted by molar-refractivity contribution is 5.99. The smallest absolute Gasteiger partial charge is 0.270 e. The van der Waals surface area contributed by atoms with Crippen molar-refractivity contribution < 1.29 is 15.0 Å². The van der Waals surface area contributed by atoms with E-state index in [9.17, 15) is 4.79 Å². The average molecular weight is 261 g/mol. The molecule has 0 aliphatic carbocycles. The lowest BCUT2D eigenvalue weighted by Crippen LogP contribution is -2.40. The fraction of sp³-hybridized carbons (Fsp3) is 0.231. The number of para-hydroxylation sites is 1. The first-order chi connectivity index (χ1) is 9.15. The van der Waals surface area contributed by atoms with Crippen LogP contribution in [0, 0.1) is 0 Å². The van der Waals surface area contributed by atoms with Gasteiger partial charge in [0.25, 0.3) is 5.91 Å². The molecular formula is C13H15N3O3. The number of anilines is 1. The number of benzene rings is 1. The summed E-state index contributed by atoms with van der Waals surface area (Å²) in [6, 6.07) is 8.00. The van der Waals surface area contributed by atoms with Crippen LogP contribution in [0.5, 0.6) is 0 Å². The van der Waals surface area contributed by atoms with E-state index in [0.29, 0.717) is 11.2 Å². The highest BCUT2D eigenvalue weighted by atomic mass is 16.3. The second-order valence-electron chi connectivity index (χ2n) is 4.15. The third-order valence-electron chi connectivity index (χ3n) is 2.76. The molecule has 1 aromatic heterocycles. The molecular weight excluding hydrogens is 246 g/mol. The molecule has 100 valence electrons. The molecule has 0 aliphatic heterocycles. The van der Waals surface area contributed by atoms with Crippen LogP contribution in [0.4, 0.5) is 5.69 Å². The normalized spacial score (nSPS) is 10.9. The quantitative estimate of drug-likeness (QED) is 0.614. The number of pyridine rings is 1. The minimum absolute atomic E-state index is 0.156. The number of fused-ring (bicyclic) bond motifs is 1. The van der Waals surface area contributed by atoms with E-state index < -0.39 is 11.9 Å². The Bertz CT molecular complexity index is 597. The Kier molecular flexibility index (Phi) is 3.94. The van der Waals surface area contributed by atoms with Crippen molar-refractivity contribution in [2.24, 2.45) is 0 Å². The van der Waals surface area contributed by atoms with Gasteiger partial charge in [-0.2, -0.15) is 0 Å². The van der Waals surface area contributed by atoms with Gasteiger partial charge in [-0.1, -0.05) is 18.2 Å². The van der Waals surface area contributed by atoms with Crippen LogP contribution in [-0.4, -0.2) is 40.4 Å². The zero-order chi connectivity index (χ0) is 13.8. The number of nitrogens with zero attached hydrogens (tertiary/aromatic N) is 1.